The van der Waals surface area contributed by atoms with Gasteiger partial charge in [-0.1, -0.05) is 32.0 Å². The van der Waals surface area contributed by atoms with Gasteiger partial charge in [0, 0.05) is 25.2 Å². The lowest BCUT2D eigenvalue weighted by Crippen LogP contribution is -2.40. The molecular formula is C15H27N3O2S. The lowest BCUT2D eigenvalue weighted by molar-refractivity contribution is 0.370. The van der Waals surface area contributed by atoms with Crippen LogP contribution in [0.15, 0.2) is 29.2 Å². The number of hydrogen-bond acceptors (Lipinski definition) is 4. The molecule has 1 atom stereocenters. The summed E-state index contributed by atoms with van der Waals surface area (Å²) in [5.74, 6) is 0. The Hall–Kier alpha value is -0.950. The Kier molecular flexibility index (Phi) is 6.80. The smallest absolute Gasteiger partial charge is 0.241 e. The summed E-state index contributed by atoms with van der Waals surface area (Å²) >= 11 is 0. The molecule has 0 radical (unpaired) electrons. The molecule has 0 saturated carbocycles. The number of rotatable bonds is 8. The molecule has 0 aliphatic carbocycles. The van der Waals surface area contributed by atoms with Crippen molar-refractivity contribution >= 4 is 10.0 Å². The van der Waals surface area contributed by atoms with Crippen molar-refractivity contribution < 1.29 is 8.42 Å². The third kappa shape index (κ3) is 6.13. The van der Waals surface area contributed by atoms with Crippen LogP contribution in [0.5, 0.6) is 0 Å². The van der Waals surface area contributed by atoms with Gasteiger partial charge in [-0.2, -0.15) is 0 Å². The van der Waals surface area contributed by atoms with Crippen LogP contribution >= 0.6 is 0 Å². The zero-order chi connectivity index (χ0) is 16.0. The van der Waals surface area contributed by atoms with Crippen LogP contribution in [0.2, 0.25) is 0 Å². The van der Waals surface area contributed by atoms with E-state index in [2.05, 4.69) is 10.0 Å². The molecule has 0 aliphatic rings. The number of sulfonamides is 1. The van der Waals surface area contributed by atoms with Crippen LogP contribution in [0.3, 0.4) is 0 Å². The van der Waals surface area contributed by atoms with Gasteiger partial charge in [-0.3, -0.25) is 0 Å². The largest absolute Gasteiger partial charge is 0.310 e. The van der Waals surface area contributed by atoms with Crippen molar-refractivity contribution in [3.63, 3.8) is 0 Å². The standard InChI is InChI=1S/C15H27N3O2S/c1-12(2)16-10-14-8-6-7-9-15(14)21(19,20)17-13(3)11-18(4)5/h6-9,12-13,16-17H,10-11H2,1-5H3. The first-order valence-corrected chi connectivity index (χ1v) is 8.69. The minimum Gasteiger partial charge on any atom is -0.310 e. The lowest BCUT2D eigenvalue weighted by atomic mass is 10.2. The van der Waals surface area contributed by atoms with Crippen molar-refractivity contribution in [1.82, 2.24) is 14.9 Å². The predicted molar refractivity (Wildman–Crippen MR) is 86.8 cm³/mol. The molecule has 0 aromatic heterocycles. The van der Waals surface area contributed by atoms with Gasteiger partial charge in [0.15, 0.2) is 0 Å². The Bertz CT molecular complexity index is 542. The van der Waals surface area contributed by atoms with Gasteiger partial charge >= 0.3 is 0 Å². The normalized spacial score (nSPS) is 13.9. The van der Waals surface area contributed by atoms with Gasteiger partial charge in [0.05, 0.1) is 4.90 Å². The van der Waals surface area contributed by atoms with E-state index in [-0.39, 0.29) is 6.04 Å². The summed E-state index contributed by atoms with van der Waals surface area (Å²) in [6.45, 7) is 7.14. The van der Waals surface area contributed by atoms with E-state index in [0.717, 1.165) is 5.56 Å². The SMILES string of the molecule is CC(C)NCc1ccccc1S(=O)(=O)NC(C)CN(C)C. The molecular weight excluding hydrogens is 286 g/mol. The zero-order valence-electron chi connectivity index (χ0n) is 13.6. The molecule has 21 heavy (non-hydrogen) atoms. The summed E-state index contributed by atoms with van der Waals surface area (Å²) in [4.78, 5) is 2.31. The van der Waals surface area contributed by atoms with Crippen LogP contribution in [-0.4, -0.2) is 46.0 Å². The van der Waals surface area contributed by atoms with Gasteiger partial charge < -0.3 is 10.2 Å². The van der Waals surface area contributed by atoms with Gasteiger partial charge in [-0.15, -0.1) is 0 Å². The third-order valence-corrected chi connectivity index (χ3v) is 4.65. The molecule has 1 aromatic carbocycles. The van der Waals surface area contributed by atoms with Crippen molar-refractivity contribution in [2.75, 3.05) is 20.6 Å². The Morgan fingerprint density at radius 1 is 1.14 bits per heavy atom. The molecule has 5 nitrogen and oxygen atoms in total. The number of nitrogens with zero attached hydrogens (tertiary/aromatic N) is 1. The van der Waals surface area contributed by atoms with Gasteiger partial charge in [0.1, 0.15) is 0 Å². The predicted octanol–water partition coefficient (Wildman–Crippen LogP) is 1.41. The van der Waals surface area contributed by atoms with Crippen molar-refractivity contribution in [3.8, 4) is 0 Å². The molecule has 6 heteroatoms. The summed E-state index contributed by atoms with van der Waals surface area (Å²) in [5.41, 5.74) is 0.788. The quantitative estimate of drug-likeness (QED) is 0.762. The van der Waals surface area contributed by atoms with E-state index in [1.165, 1.54) is 0 Å². The van der Waals surface area contributed by atoms with Crippen molar-refractivity contribution in [2.45, 2.75) is 44.3 Å². The summed E-state index contributed by atoms with van der Waals surface area (Å²) in [6, 6.07) is 7.28. The number of likely N-dealkylation sites (N-methyl/N-ethyl adjacent to an activating group) is 1. The molecule has 0 amide bonds. The highest BCUT2D eigenvalue weighted by molar-refractivity contribution is 7.89. The Morgan fingerprint density at radius 2 is 1.76 bits per heavy atom. The van der Waals surface area contributed by atoms with E-state index >= 15 is 0 Å². The van der Waals surface area contributed by atoms with Crippen LogP contribution in [0.1, 0.15) is 26.3 Å². The average molecular weight is 313 g/mol. The zero-order valence-corrected chi connectivity index (χ0v) is 14.4. The maximum atomic E-state index is 12.5. The van der Waals surface area contributed by atoms with Crippen LogP contribution in [-0.2, 0) is 16.6 Å². The Balaban J connectivity index is 2.92. The first kappa shape index (κ1) is 18.1. The van der Waals surface area contributed by atoms with E-state index in [4.69, 9.17) is 0 Å². The molecule has 0 aliphatic heterocycles. The van der Waals surface area contributed by atoms with Gasteiger partial charge in [0.2, 0.25) is 10.0 Å². The molecule has 0 fully saturated rings. The maximum Gasteiger partial charge on any atom is 0.241 e. The second-order valence-corrected chi connectivity index (χ2v) is 7.61. The topological polar surface area (TPSA) is 61.4 Å². The Morgan fingerprint density at radius 3 is 2.33 bits per heavy atom. The average Bonchev–Trinajstić information content (AvgIpc) is 2.34. The van der Waals surface area contributed by atoms with Crippen LogP contribution in [0, 0.1) is 0 Å². The fraction of sp³-hybridized carbons (Fsp3) is 0.600. The number of hydrogen-bond donors (Lipinski definition) is 2. The molecule has 1 rings (SSSR count). The highest BCUT2D eigenvalue weighted by Gasteiger charge is 2.20. The summed E-state index contributed by atoms with van der Waals surface area (Å²) in [6.07, 6.45) is 0. The highest BCUT2D eigenvalue weighted by atomic mass is 32.2. The van der Waals surface area contributed by atoms with Gasteiger partial charge in [0.25, 0.3) is 0 Å². The van der Waals surface area contributed by atoms with Crippen LogP contribution in [0.25, 0.3) is 0 Å². The molecule has 2 N–H and O–H groups in total. The molecule has 1 unspecified atom stereocenters. The fourth-order valence-corrected chi connectivity index (χ4v) is 3.61. The summed E-state index contributed by atoms with van der Waals surface area (Å²) in [7, 11) is 0.344. The summed E-state index contributed by atoms with van der Waals surface area (Å²) in [5, 5.41) is 3.26. The lowest BCUT2D eigenvalue weighted by Gasteiger charge is -2.19. The minimum absolute atomic E-state index is 0.142. The van der Waals surface area contributed by atoms with E-state index in [0.29, 0.717) is 24.0 Å². The van der Waals surface area contributed by atoms with Crippen LogP contribution < -0.4 is 10.0 Å². The fourth-order valence-electron chi connectivity index (χ4n) is 2.14. The second-order valence-electron chi connectivity index (χ2n) is 5.93. The van der Waals surface area contributed by atoms with Gasteiger partial charge in [-0.05, 0) is 32.6 Å². The summed E-state index contributed by atoms with van der Waals surface area (Å²) < 4.78 is 27.8. The number of benzene rings is 1. The molecule has 0 bridgehead atoms. The van der Waals surface area contributed by atoms with Gasteiger partial charge in [-0.25, -0.2) is 13.1 Å². The molecule has 0 heterocycles. The van der Waals surface area contributed by atoms with Crippen molar-refractivity contribution in [1.29, 1.82) is 0 Å². The van der Waals surface area contributed by atoms with E-state index in [1.54, 1.807) is 12.1 Å². The second kappa shape index (κ2) is 7.89. The van der Waals surface area contributed by atoms with Crippen molar-refractivity contribution in [2.24, 2.45) is 0 Å². The van der Waals surface area contributed by atoms with Crippen molar-refractivity contribution in [3.05, 3.63) is 29.8 Å². The monoisotopic (exact) mass is 313 g/mol. The van der Waals surface area contributed by atoms with E-state index in [9.17, 15) is 8.42 Å². The maximum absolute atomic E-state index is 12.5. The first-order valence-electron chi connectivity index (χ1n) is 7.20. The molecule has 120 valence electrons. The Labute approximate surface area is 128 Å². The van der Waals surface area contributed by atoms with E-state index < -0.39 is 10.0 Å². The van der Waals surface area contributed by atoms with Crippen LogP contribution in [0.4, 0.5) is 0 Å². The molecule has 0 spiro atoms. The third-order valence-electron chi connectivity index (χ3n) is 2.96. The van der Waals surface area contributed by atoms with E-state index in [1.807, 2.05) is 51.9 Å². The minimum atomic E-state index is -3.50. The molecule has 1 aromatic rings. The highest BCUT2D eigenvalue weighted by Crippen LogP contribution is 2.16. The molecule has 0 saturated heterocycles. The first-order chi connectivity index (χ1) is 9.72. The number of nitrogens with one attached hydrogen (secondary N) is 2.